The average molecular weight is 564 g/mol. The van der Waals surface area contributed by atoms with E-state index in [1.165, 1.54) is 48.7 Å². The first-order valence-electron chi connectivity index (χ1n) is 11.7. The predicted octanol–water partition coefficient (Wildman–Crippen LogP) is 9.98. The molecule has 0 spiro atoms. The molecule has 0 bridgehead atoms. The Morgan fingerprint density at radius 1 is 0.500 bits per heavy atom. The van der Waals surface area contributed by atoms with Crippen molar-refractivity contribution >= 4 is 17.0 Å². The zero-order valence-electron chi connectivity index (χ0n) is 21.3. The third-order valence-corrected chi connectivity index (χ3v) is 7.02. The van der Waals surface area contributed by atoms with E-state index >= 15 is 0 Å². The first-order valence-corrected chi connectivity index (χ1v) is 12.5. The number of rotatable bonds is 5. The second-order valence-electron chi connectivity index (χ2n) is 8.33. The molecule has 4 aromatic carbocycles. The van der Waals surface area contributed by atoms with E-state index in [1.807, 2.05) is 18.4 Å². The van der Waals surface area contributed by atoms with Crippen molar-refractivity contribution in [1.29, 1.82) is 0 Å². The Morgan fingerprint density at radius 2 is 0.889 bits per heavy atom. The maximum atomic E-state index is 4.32. The van der Waals surface area contributed by atoms with Crippen molar-refractivity contribution in [3.8, 4) is 43.1 Å². The summed E-state index contributed by atoms with van der Waals surface area (Å²) in [7, 11) is 5.33. The monoisotopic (exact) mass is 563 g/mol. The fourth-order valence-electron chi connectivity index (χ4n) is 4.07. The molecule has 0 unspecified atom stereocenters. The minimum Gasteiger partial charge on any atom is -0.687 e. The Labute approximate surface area is 244 Å². The third kappa shape index (κ3) is 6.41. The van der Waals surface area contributed by atoms with Crippen LogP contribution in [0.4, 0.5) is 5.69 Å². The zero-order chi connectivity index (χ0) is 24.6. The van der Waals surface area contributed by atoms with Crippen LogP contribution in [0.15, 0.2) is 109 Å². The second-order valence-corrected chi connectivity index (χ2v) is 9.35. The molecule has 0 atom stereocenters. The molecule has 5 aromatic rings. The Balaban J connectivity index is 0.000000861. The zero-order valence-corrected chi connectivity index (χ0v) is 24.9. The van der Waals surface area contributed by atoms with Crippen LogP contribution in [0, 0.1) is 6.92 Å². The van der Waals surface area contributed by atoms with Crippen molar-refractivity contribution in [3.05, 3.63) is 125 Å². The van der Waals surface area contributed by atoms with Crippen molar-refractivity contribution in [2.75, 3.05) is 21.1 Å². The van der Waals surface area contributed by atoms with Crippen LogP contribution in [0.3, 0.4) is 0 Å². The van der Waals surface area contributed by atoms with Crippen molar-refractivity contribution in [3.63, 3.8) is 0 Å². The van der Waals surface area contributed by atoms with Gasteiger partial charge in [0, 0.05) is 53.6 Å². The predicted molar refractivity (Wildman–Crippen MR) is 155 cm³/mol. The van der Waals surface area contributed by atoms with Gasteiger partial charge in [0.2, 0.25) is 0 Å². The molecule has 0 saturated carbocycles. The smallest absolute Gasteiger partial charge is 0.0434 e. The van der Waals surface area contributed by atoms with Gasteiger partial charge in [0.05, 0.1) is 0 Å². The molecule has 0 saturated heterocycles. The summed E-state index contributed by atoms with van der Waals surface area (Å²) in [6, 6.07) is 39.0. The van der Waals surface area contributed by atoms with Gasteiger partial charge in [0.25, 0.3) is 0 Å². The van der Waals surface area contributed by atoms with E-state index in [0.717, 1.165) is 5.69 Å². The molecule has 5 rings (SSSR count). The van der Waals surface area contributed by atoms with Crippen LogP contribution in [0.25, 0.3) is 53.8 Å². The molecule has 0 fully saturated rings. The van der Waals surface area contributed by atoms with Crippen LogP contribution < -0.4 is 0 Å². The van der Waals surface area contributed by atoms with Crippen LogP contribution in [0.5, 0.6) is 0 Å². The fourth-order valence-corrected chi connectivity index (χ4v) is 5.42. The molecule has 1 radical (unpaired) electrons. The van der Waals surface area contributed by atoms with Gasteiger partial charge in [0.1, 0.15) is 0 Å². The molecule has 179 valence electrons. The van der Waals surface area contributed by atoms with E-state index in [2.05, 4.69) is 127 Å². The molecule has 36 heavy (non-hydrogen) atoms. The maximum Gasteiger partial charge on any atom is 0.0434 e. The number of thiophene rings is 1. The van der Waals surface area contributed by atoms with E-state index in [-0.39, 0.29) is 32.7 Å². The largest absolute Gasteiger partial charge is 0.687 e. The van der Waals surface area contributed by atoms with E-state index in [4.69, 9.17) is 0 Å². The molecule has 4 heteroatoms. The number of benzene rings is 4. The topological polar surface area (TPSA) is 28.2 Å². The summed E-state index contributed by atoms with van der Waals surface area (Å²) in [4.78, 5) is 2.59. The number of nitrogens with zero attached hydrogens (tertiary/aromatic N) is 2. The summed E-state index contributed by atoms with van der Waals surface area (Å²) in [5, 5.41) is 7.82. The summed E-state index contributed by atoms with van der Waals surface area (Å²) in [6.07, 6.45) is 0. The summed E-state index contributed by atoms with van der Waals surface area (Å²) in [6.45, 7) is 2.14. The fraction of sp³-hybridized carbons (Fsp3) is 0.125. The molecular weight excluding hydrogens is 533 g/mol. The third-order valence-electron chi connectivity index (χ3n) is 5.73. The van der Waals surface area contributed by atoms with Crippen molar-refractivity contribution < 1.29 is 32.7 Å². The molecule has 0 aliphatic heterocycles. The molecule has 1 heterocycles. The molecule has 0 aliphatic rings. The van der Waals surface area contributed by atoms with Gasteiger partial charge in [-0.05, 0) is 29.2 Å². The summed E-state index contributed by atoms with van der Waals surface area (Å²) < 4.78 is 0. The Kier molecular flexibility index (Phi) is 10.6. The van der Waals surface area contributed by atoms with Gasteiger partial charge in [-0.3, -0.25) is 0 Å². The first-order chi connectivity index (χ1) is 17.2. The SMILES string of the molecule is C[N-]C.C[N-]c1ccc(-c2sc(-c3ccc(C)cc3)c(-c3ccccc3)c2-c2ccccc2)cc1.[Y]. The summed E-state index contributed by atoms with van der Waals surface area (Å²) >= 11 is 1.87. The van der Waals surface area contributed by atoms with E-state index in [1.54, 1.807) is 14.1 Å². The van der Waals surface area contributed by atoms with Gasteiger partial charge in [-0.2, -0.15) is 14.1 Å². The molecule has 0 aliphatic carbocycles. The number of hydrogen-bond acceptors (Lipinski definition) is 1. The summed E-state index contributed by atoms with van der Waals surface area (Å²) in [5.41, 5.74) is 9.80. The quantitative estimate of drug-likeness (QED) is 0.204. The summed E-state index contributed by atoms with van der Waals surface area (Å²) in [5.74, 6) is 0. The van der Waals surface area contributed by atoms with Crippen LogP contribution in [0.2, 0.25) is 0 Å². The standard InChI is InChI=1S/C30H24NS.C2H6N.Y/c1-21-13-15-24(16-14-21)29-27(22-9-5-3-6-10-22)28(23-11-7-4-8-12-23)30(32-29)25-17-19-26(31-2)20-18-25;1-3-2;/h3-20H,1-2H3;1-2H3;/q2*-1;. The number of hydrogen-bond donors (Lipinski definition) is 0. The van der Waals surface area contributed by atoms with E-state index in [0.29, 0.717) is 0 Å². The minimum atomic E-state index is 0. The molecule has 2 nitrogen and oxygen atoms in total. The van der Waals surface area contributed by atoms with Crippen molar-refractivity contribution in [2.45, 2.75) is 6.92 Å². The Bertz CT molecular complexity index is 1340. The van der Waals surface area contributed by atoms with Gasteiger partial charge < -0.3 is 10.6 Å². The maximum absolute atomic E-state index is 4.32. The Morgan fingerprint density at radius 3 is 1.28 bits per heavy atom. The molecule has 0 amide bonds. The molecular formula is C32H30N2SY-2. The van der Waals surface area contributed by atoms with Gasteiger partial charge in [-0.15, -0.1) is 24.1 Å². The van der Waals surface area contributed by atoms with Crippen LogP contribution in [0.1, 0.15) is 5.56 Å². The Hall–Kier alpha value is -2.56. The van der Waals surface area contributed by atoms with Gasteiger partial charge >= 0.3 is 0 Å². The average Bonchev–Trinajstić information content (AvgIpc) is 3.31. The van der Waals surface area contributed by atoms with Crippen LogP contribution >= 0.6 is 11.3 Å². The van der Waals surface area contributed by atoms with E-state index < -0.39 is 0 Å². The van der Waals surface area contributed by atoms with Crippen molar-refractivity contribution in [2.24, 2.45) is 0 Å². The minimum absolute atomic E-state index is 0. The van der Waals surface area contributed by atoms with E-state index in [9.17, 15) is 0 Å². The van der Waals surface area contributed by atoms with Crippen LogP contribution in [-0.4, -0.2) is 21.1 Å². The molecule has 0 N–H and O–H groups in total. The van der Waals surface area contributed by atoms with Gasteiger partial charge in [-0.1, -0.05) is 115 Å². The van der Waals surface area contributed by atoms with Crippen LogP contribution in [-0.2, 0) is 32.7 Å². The normalized spacial score (nSPS) is 10.1. The van der Waals surface area contributed by atoms with Gasteiger partial charge in [-0.25, -0.2) is 0 Å². The van der Waals surface area contributed by atoms with Gasteiger partial charge in [0.15, 0.2) is 0 Å². The van der Waals surface area contributed by atoms with Crippen molar-refractivity contribution in [1.82, 2.24) is 0 Å². The second kappa shape index (κ2) is 13.7. The molecule has 1 aromatic heterocycles. The number of aryl methyl sites for hydroxylation is 1. The first kappa shape index (κ1) is 28.0.